The molecule has 6 heteroatoms. The number of ether oxygens (including phenoxy) is 2. The Morgan fingerprint density at radius 1 is 1.32 bits per heavy atom. The number of hydrogen-bond donors (Lipinski definition) is 1. The SMILES string of the molecule is CCCCOc1ccc(C(=O)N(C)C(C)C(=O)O)cc1OC. The Labute approximate surface area is 130 Å². The van der Waals surface area contributed by atoms with Crippen LogP contribution in [0.1, 0.15) is 37.0 Å². The van der Waals surface area contributed by atoms with E-state index in [9.17, 15) is 9.59 Å². The van der Waals surface area contributed by atoms with Crippen molar-refractivity contribution in [3.8, 4) is 11.5 Å². The number of nitrogens with zero attached hydrogens (tertiary/aromatic N) is 1. The summed E-state index contributed by atoms with van der Waals surface area (Å²) in [5.74, 6) is -0.407. The topological polar surface area (TPSA) is 76.1 Å². The number of rotatable bonds is 8. The van der Waals surface area contributed by atoms with Gasteiger partial charge in [0.25, 0.3) is 5.91 Å². The molecular formula is C16H23NO5. The molecule has 0 spiro atoms. The third-order valence-electron chi connectivity index (χ3n) is 3.42. The van der Waals surface area contributed by atoms with Crippen LogP contribution in [0.2, 0.25) is 0 Å². The van der Waals surface area contributed by atoms with Crippen molar-refractivity contribution in [1.82, 2.24) is 4.90 Å². The highest BCUT2D eigenvalue weighted by Gasteiger charge is 2.23. The summed E-state index contributed by atoms with van der Waals surface area (Å²) in [6, 6.07) is 3.94. The molecule has 1 amide bonds. The molecule has 122 valence electrons. The van der Waals surface area contributed by atoms with E-state index in [1.807, 2.05) is 0 Å². The lowest BCUT2D eigenvalue weighted by molar-refractivity contribution is -0.141. The van der Waals surface area contributed by atoms with E-state index in [0.29, 0.717) is 23.7 Å². The fourth-order valence-corrected chi connectivity index (χ4v) is 1.79. The fraction of sp³-hybridized carbons (Fsp3) is 0.500. The zero-order chi connectivity index (χ0) is 16.7. The van der Waals surface area contributed by atoms with Crippen LogP contribution in [-0.2, 0) is 4.79 Å². The summed E-state index contributed by atoms with van der Waals surface area (Å²) in [6.45, 7) is 4.11. The Kier molecular flexibility index (Phi) is 6.69. The summed E-state index contributed by atoms with van der Waals surface area (Å²) in [5.41, 5.74) is 0.357. The molecular weight excluding hydrogens is 286 g/mol. The number of methoxy groups -OCH3 is 1. The second-order valence-electron chi connectivity index (χ2n) is 5.00. The van der Waals surface area contributed by atoms with E-state index in [0.717, 1.165) is 12.8 Å². The Morgan fingerprint density at radius 3 is 2.55 bits per heavy atom. The molecule has 0 aliphatic rings. The number of carbonyl (C=O) groups is 2. The zero-order valence-corrected chi connectivity index (χ0v) is 13.5. The van der Waals surface area contributed by atoms with Gasteiger partial charge < -0.3 is 19.5 Å². The minimum Gasteiger partial charge on any atom is -0.493 e. The van der Waals surface area contributed by atoms with Crippen molar-refractivity contribution < 1.29 is 24.2 Å². The van der Waals surface area contributed by atoms with Gasteiger partial charge in [-0.3, -0.25) is 4.79 Å². The van der Waals surface area contributed by atoms with E-state index in [4.69, 9.17) is 14.6 Å². The van der Waals surface area contributed by atoms with Crippen LogP contribution in [0.4, 0.5) is 0 Å². The van der Waals surface area contributed by atoms with Crippen molar-refractivity contribution in [2.24, 2.45) is 0 Å². The van der Waals surface area contributed by atoms with Gasteiger partial charge in [-0.05, 0) is 31.5 Å². The molecule has 1 rings (SSSR count). The molecule has 0 aromatic heterocycles. The molecule has 0 saturated heterocycles. The van der Waals surface area contributed by atoms with E-state index in [1.165, 1.54) is 26.0 Å². The number of carboxylic acid groups (broad SMARTS) is 1. The quantitative estimate of drug-likeness (QED) is 0.746. The minimum atomic E-state index is -1.05. The molecule has 1 atom stereocenters. The number of amides is 1. The standard InChI is InChI=1S/C16H23NO5/c1-5-6-9-22-13-8-7-12(10-14(13)21-4)15(18)17(3)11(2)16(19)20/h7-8,10-11H,5-6,9H2,1-4H3,(H,19,20). The Morgan fingerprint density at radius 2 is 2.00 bits per heavy atom. The first-order chi connectivity index (χ1) is 10.4. The summed E-state index contributed by atoms with van der Waals surface area (Å²) >= 11 is 0. The van der Waals surface area contributed by atoms with Gasteiger partial charge in [-0.25, -0.2) is 4.79 Å². The highest BCUT2D eigenvalue weighted by Crippen LogP contribution is 2.28. The Bertz CT molecular complexity index is 529. The predicted molar refractivity (Wildman–Crippen MR) is 82.6 cm³/mol. The lowest BCUT2D eigenvalue weighted by Crippen LogP contribution is -2.40. The number of aliphatic carboxylic acids is 1. The van der Waals surface area contributed by atoms with Gasteiger partial charge in [-0.15, -0.1) is 0 Å². The third kappa shape index (κ3) is 4.38. The smallest absolute Gasteiger partial charge is 0.326 e. The second kappa shape index (κ2) is 8.26. The molecule has 1 N–H and O–H groups in total. The van der Waals surface area contributed by atoms with Crippen LogP contribution in [0.3, 0.4) is 0 Å². The van der Waals surface area contributed by atoms with Crippen molar-refractivity contribution in [1.29, 1.82) is 0 Å². The summed E-state index contributed by atoms with van der Waals surface area (Å²) in [5, 5.41) is 8.97. The molecule has 1 aromatic carbocycles. The van der Waals surface area contributed by atoms with Crippen LogP contribution < -0.4 is 9.47 Å². The predicted octanol–water partition coefficient (Wildman–Crippen LogP) is 2.42. The van der Waals surface area contributed by atoms with Gasteiger partial charge in [0.2, 0.25) is 0 Å². The molecule has 1 aromatic rings. The number of carbonyl (C=O) groups excluding carboxylic acids is 1. The molecule has 0 fully saturated rings. The monoisotopic (exact) mass is 309 g/mol. The van der Waals surface area contributed by atoms with Gasteiger partial charge in [0.1, 0.15) is 6.04 Å². The summed E-state index contributed by atoms with van der Waals surface area (Å²) < 4.78 is 10.8. The largest absolute Gasteiger partial charge is 0.493 e. The van der Waals surface area contributed by atoms with E-state index >= 15 is 0 Å². The van der Waals surface area contributed by atoms with Gasteiger partial charge in [0.15, 0.2) is 11.5 Å². The summed E-state index contributed by atoms with van der Waals surface area (Å²) in [6.07, 6.45) is 1.96. The maximum absolute atomic E-state index is 12.3. The lowest BCUT2D eigenvalue weighted by atomic mass is 10.1. The van der Waals surface area contributed by atoms with E-state index in [1.54, 1.807) is 18.2 Å². The Hall–Kier alpha value is -2.24. The van der Waals surface area contributed by atoms with Crippen LogP contribution in [0.5, 0.6) is 11.5 Å². The first kappa shape index (κ1) is 17.8. The van der Waals surface area contributed by atoms with Crippen molar-refractivity contribution in [3.63, 3.8) is 0 Å². The number of hydrogen-bond acceptors (Lipinski definition) is 4. The van der Waals surface area contributed by atoms with E-state index < -0.39 is 12.0 Å². The normalized spacial score (nSPS) is 11.6. The van der Waals surface area contributed by atoms with Crippen molar-refractivity contribution in [2.75, 3.05) is 20.8 Å². The number of likely N-dealkylation sites (N-methyl/N-ethyl adjacent to an activating group) is 1. The Balaban J connectivity index is 2.92. The van der Waals surface area contributed by atoms with E-state index in [-0.39, 0.29) is 5.91 Å². The van der Waals surface area contributed by atoms with Gasteiger partial charge in [-0.2, -0.15) is 0 Å². The number of benzene rings is 1. The summed E-state index contributed by atoms with van der Waals surface area (Å²) in [4.78, 5) is 24.4. The van der Waals surface area contributed by atoms with Crippen molar-refractivity contribution in [3.05, 3.63) is 23.8 Å². The second-order valence-corrected chi connectivity index (χ2v) is 5.00. The van der Waals surface area contributed by atoms with Crippen LogP contribution in [-0.4, -0.2) is 48.7 Å². The fourth-order valence-electron chi connectivity index (χ4n) is 1.79. The molecule has 0 heterocycles. The average molecular weight is 309 g/mol. The number of carboxylic acids is 1. The van der Waals surface area contributed by atoms with Crippen LogP contribution in [0.25, 0.3) is 0 Å². The molecule has 0 aliphatic heterocycles. The molecule has 0 bridgehead atoms. The highest BCUT2D eigenvalue weighted by molar-refractivity contribution is 5.96. The van der Waals surface area contributed by atoms with Gasteiger partial charge >= 0.3 is 5.97 Å². The van der Waals surface area contributed by atoms with Crippen LogP contribution in [0, 0.1) is 0 Å². The molecule has 1 unspecified atom stereocenters. The molecule has 0 saturated carbocycles. The van der Waals surface area contributed by atoms with Gasteiger partial charge in [0, 0.05) is 12.6 Å². The molecule has 6 nitrogen and oxygen atoms in total. The zero-order valence-electron chi connectivity index (χ0n) is 13.5. The minimum absolute atomic E-state index is 0.357. The van der Waals surface area contributed by atoms with Crippen molar-refractivity contribution >= 4 is 11.9 Å². The van der Waals surface area contributed by atoms with Crippen LogP contribution >= 0.6 is 0 Å². The lowest BCUT2D eigenvalue weighted by Gasteiger charge is -2.22. The van der Waals surface area contributed by atoms with E-state index in [2.05, 4.69) is 6.92 Å². The third-order valence-corrected chi connectivity index (χ3v) is 3.42. The maximum atomic E-state index is 12.3. The van der Waals surface area contributed by atoms with Gasteiger partial charge in [-0.1, -0.05) is 13.3 Å². The molecule has 0 radical (unpaired) electrons. The molecule has 22 heavy (non-hydrogen) atoms. The van der Waals surface area contributed by atoms with Crippen LogP contribution in [0.15, 0.2) is 18.2 Å². The number of unbranched alkanes of at least 4 members (excludes halogenated alkanes) is 1. The average Bonchev–Trinajstić information content (AvgIpc) is 2.53. The first-order valence-corrected chi connectivity index (χ1v) is 7.23. The highest BCUT2D eigenvalue weighted by atomic mass is 16.5. The van der Waals surface area contributed by atoms with Gasteiger partial charge in [0.05, 0.1) is 13.7 Å². The summed E-state index contributed by atoms with van der Waals surface area (Å²) in [7, 11) is 2.96. The first-order valence-electron chi connectivity index (χ1n) is 7.23. The van der Waals surface area contributed by atoms with Crippen molar-refractivity contribution in [2.45, 2.75) is 32.7 Å². The maximum Gasteiger partial charge on any atom is 0.326 e. The molecule has 0 aliphatic carbocycles.